The van der Waals surface area contributed by atoms with E-state index in [1.165, 1.54) is 29.0 Å². The van der Waals surface area contributed by atoms with Gasteiger partial charge in [0.2, 0.25) is 0 Å². The van der Waals surface area contributed by atoms with Crippen molar-refractivity contribution in [2.45, 2.75) is 38.5 Å². The molecular weight excluding hydrogens is 508 g/mol. The minimum Gasteiger partial charge on any atom is -0.494 e. The van der Waals surface area contributed by atoms with Crippen molar-refractivity contribution in [2.75, 3.05) is 7.11 Å². The Balaban J connectivity index is 1.61. The van der Waals surface area contributed by atoms with E-state index in [9.17, 15) is 36.4 Å². The third-order valence-corrected chi connectivity index (χ3v) is 5.60. The minimum absolute atomic E-state index is 0.0109. The van der Waals surface area contributed by atoms with Gasteiger partial charge in [0.15, 0.2) is 17.7 Å². The van der Waals surface area contributed by atoms with Crippen LogP contribution in [0.4, 0.5) is 26.3 Å². The number of benzene rings is 1. The third-order valence-electron chi connectivity index (χ3n) is 5.60. The van der Waals surface area contributed by atoms with Gasteiger partial charge >= 0.3 is 12.4 Å². The van der Waals surface area contributed by atoms with Crippen molar-refractivity contribution in [3.05, 3.63) is 64.6 Å². The number of fused-ring (bicyclic) bond motifs is 1. The molecule has 0 saturated heterocycles. The lowest BCUT2D eigenvalue weighted by Gasteiger charge is -2.23. The van der Waals surface area contributed by atoms with Crippen LogP contribution in [-0.2, 0) is 19.3 Å². The Morgan fingerprint density at radius 1 is 1.14 bits per heavy atom. The van der Waals surface area contributed by atoms with E-state index in [1.807, 2.05) is 6.07 Å². The Labute approximate surface area is 205 Å². The van der Waals surface area contributed by atoms with Crippen LogP contribution in [0.15, 0.2) is 36.7 Å². The maximum Gasteiger partial charge on any atom is 0.425 e. The van der Waals surface area contributed by atoms with Gasteiger partial charge in [0.1, 0.15) is 17.4 Å². The van der Waals surface area contributed by atoms with Crippen LogP contribution in [0.25, 0.3) is 5.82 Å². The number of amides is 1. The van der Waals surface area contributed by atoms with Gasteiger partial charge in [-0.05, 0) is 31.2 Å². The number of pyridine rings is 1. The molecule has 0 N–H and O–H groups in total. The van der Waals surface area contributed by atoms with E-state index in [2.05, 4.69) is 10.1 Å². The molecule has 1 unspecified atom stereocenters. The second-order valence-electron chi connectivity index (χ2n) is 8.04. The molecule has 1 atom stereocenters. The molecule has 3 aromatic rings. The Kier molecular flexibility index (Phi) is 6.49. The molecule has 37 heavy (non-hydrogen) atoms. The molecular formula is C23H17F6N5O3. The van der Waals surface area contributed by atoms with Gasteiger partial charge in [-0.2, -0.15) is 36.7 Å². The van der Waals surface area contributed by atoms with E-state index in [-0.39, 0.29) is 35.8 Å². The second kappa shape index (κ2) is 9.30. The molecule has 1 amide bonds. The molecule has 0 bridgehead atoms. The summed E-state index contributed by atoms with van der Waals surface area (Å²) in [6.07, 6.45) is -9.32. The van der Waals surface area contributed by atoms with Crippen LogP contribution in [-0.4, -0.2) is 45.0 Å². The van der Waals surface area contributed by atoms with Crippen LogP contribution >= 0.6 is 0 Å². The van der Waals surface area contributed by atoms with E-state index in [0.29, 0.717) is 17.5 Å². The van der Waals surface area contributed by atoms with Crippen LogP contribution in [0.5, 0.6) is 11.5 Å². The number of nitriles is 1. The number of rotatable bonds is 5. The fourth-order valence-corrected chi connectivity index (χ4v) is 3.68. The number of alkyl halides is 6. The normalized spacial score (nSPS) is 14.2. The highest BCUT2D eigenvalue weighted by Crippen LogP contribution is 2.37. The predicted octanol–water partition coefficient (Wildman–Crippen LogP) is 4.65. The molecule has 0 aliphatic carbocycles. The number of hydrogen-bond acceptors (Lipinski definition) is 6. The average Bonchev–Trinajstić information content (AvgIpc) is 3.42. The Hall–Kier alpha value is -4.28. The summed E-state index contributed by atoms with van der Waals surface area (Å²) in [6, 6.07) is 6.13. The molecule has 2 aromatic heterocycles. The summed E-state index contributed by atoms with van der Waals surface area (Å²) >= 11 is 0. The first-order chi connectivity index (χ1) is 17.3. The summed E-state index contributed by atoms with van der Waals surface area (Å²) in [5.74, 6) is -1.27. The van der Waals surface area contributed by atoms with Gasteiger partial charge in [-0.3, -0.25) is 4.79 Å². The van der Waals surface area contributed by atoms with Gasteiger partial charge in [0.05, 0.1) is 30.5 Å². The van der Waals surface area contributed by atoms with E-state index in [0.717, 1.165) is 25.1 Å². The molecule has 1 aliphatic heterocycles. The zero-order valence-electron chi connectivity index (χ0n) is 19.2. The first-order valence-corrected chi connectivity index (χ1v) is 10.6. The lowest BCUT2D eigenvalue weighted by atomic mass is 10.1. The molecule has 0 saturated carbocycles. The molecule has 0 radical (unpaired) electrons. The maximum absolute atomic E-state index is 13.4. The summed E-state index contributed by atoms with van der Waals surface area (Å²) in [5, 5.41) is 13.6. The smallest absolute Gasteiger partial charge is 0.425 e. The Morgan fingerprint density at radius 3 is 2.41 bits per heavy atom. The molecule has 1 aliphatic rings. The van der Waals surface area contributed by atoms with Crippen molar-refractivity contribution >= 4 is 5.91 Å². The Bertz CT molecular complexity index is 1350. The number of carbonyl (C=O) groups is 1. The van der Waals surface area contributed by atoms with Crippen LogP contribution in [0.1, 0.15) is 39.7 Å². The SMILES string of the molecule is COc1c(C#N)ccc(OC(C)C(F)(F)F)c1C(=O)N1Cc2cn(-c3ccc(C(F)(F)F)cn3)nc2C1. The second-order valence-corrected chi connectivity index (χ2v) is 8.04. The predicted molar refractivity (Wildman–Crippen MR) is 114 cm³/mol. The highest BCUT2D eigenvalue weighted by Gasteiger charge is 2.40. The number of hydrogen-bond donors (Lipinski definition) is 0. The highest BCUT2D eigenvalue weighted by molar-refractivity contribution is 6.00. The summed E-state index contributed by atoms with van der Waals surface area (Å²) in [5.41, 5.74) is -0.374. The van der Waals surface area contributed by atoms with E-state index < -0.39 is 35.7 Å². The van der Waals surface area contributed by atoms with Crippen molar-refractivity contribution in [2.24, 2.45) is 0 Å². The number of nitrogens with zero attached hydrogens (tertiary/aromatic N) is 5. The van der Waals surface area contributed by atoms with Crippen LogP contribution < -0.4 is 9.47 Å². The number of carbonyl (C=O) groups excluding carboxylic acids is 1. The molecule has 1 aromatic carbocycles. The lowest BCUT2D eigenvalue weighted by molar-refractivity contribution is -0.189. The van der Waals surface area contributed by atoms with Crippen LogP contribution in [0.2, 0.25) is 0 Å². The third kappa shape index (κ3) is 5.02. The summed E-state index contributed by atoms with van der Waals surface area (Å²) in [4.78, 5) is 18.5. The fraction of sp³-hybridized carbons (Fsp3) is 0.304. The van der Waals surface area contributed by atoms with E-state index in [4.69, 9.17) is 9.47 Å². The minimum atomic E-state index is -4.71. The first-order valence-electron chi connectivity index (χ1n) is 10.6. The first kappa shape index (κ1) is 25.8. The van der Waals surface area contributed by atoms with Crippen molar-refractivity contribution in [1.29, 1.82) is 5.26 Å². The summed E-state index contributed by atoms with van der Waals surface area (Å²) in [7, 11) is 1.17. The van der Waals surface area contributed by atoms with Crippen molar-refractivity contribution < 1.29 is 40.6 Å². The Morgan fingerprint density at radius 2 is 1.86 bits per heavy atom. The van der Waals surface area contributed by atoms with E-state index >= 15 is 0 Å². The zero-order valence-corrected chi connectivity index (χ0v) is 19.2. The summed E-state index contributed by atoms with van der Waals surface area (Å²) < 4.78 is 89.2. The standard InChI is InChI=1S/C23H17F6N5O3/c1-12(22(24,25)26)37-17-5-3-13(7-30)20(36-2)19(17)21(35)33-9-14-10-34(32-16(14)11-33)18-6-4-15(8-31-18)23(27,28)29/h3-6,8,10,12H,9,11H2,1-2H3. The number of halogens is 6. The van der Waals surface area contributed by atoms with Gasteiger partial charge in [-0.1, -0.05) is 0 Å². The lowest BCUT2D eigenvalue weighted by Crippen LogP contribution is -2.33. The molecule has 194 valence electrons. The van der Waals surface area contributed by atoms with Crippen molar-refractivity contribution in [1.82, 2.24) is 19.7 Å². The average molecular weight is 525 g/mol. The van der Waals surface area contributed by atoms with Gasteiger partial charge in [0.25, 0.3) is 5.91 Å². The molecule has 0 spiro atoms. The number of ether oxygens (including phenoxy) is 2. The fourth-order valence-electron chi connectivity index (χ4n) is 3.68. The number of aromatic nitrogens is 3. The summed E-state index contributed by atoms with van der Waals surface area (Å²) in [6.45, 7) is 0.710. The maximum atomic E-state index is 13.4. The van der Waals surface area contributed by atoms with Crippen LogP contribution in [0.3, 0.4) is 0 Å². The monoisotopic (exact) mass is 525 g/mol. The van der Waals surface area contributed by atoms with Crippen molar-refractivity contribution in [3.8, 4) is 23.4 Å². The van der Waals surface area contributed by atoms with Crippen LogP contribution in [0, 0.1) is 11.3 Å². The molecule has 3 heterocycles. The van der Waals surface area contributed by atoms with Gasteiger partial charge in [-0.25, -0.2) is 9.67 Å². The zero-order chi connectivity index (χ0) is 27.1. The quantitative estimate of drug-likeness (QED) is 0.451. The van der Waals surface area contributed by atoms with Crippen molar-refractivity contribution in [3.63, 3.8) is 0 Å². The largest absolute Gasteiger partial charge is 0.494 e. The van der Waals surface area contributed by atoms with Gasteiger partial charge < -0.3 is 14.4 Å². The van der Waals surface area contributed by atoms with E-state index in [1.54, 1.807) is 0 Å². The molecule has 4 rings (SSSR count). The number of methoxy groups -OCH3 is 1. The molecule has 14 heteroatoms. The van der Waals surface area contributed by atoms with Gasteiger partial charge in [-0.15, -0.1) is 0 Å². The molecule has 0 fully saturated rings. The molecule has 8 nitrogen and oxygen atoms in total. The topological polar surface area (TPSA) is 93.3 Å². The van der Waals surface area contributed by atoms with Gasteiger partial charge in [0, 0.05) is 24.5 Å². The highest BCUT2D eigenvalue weighted by atomic mass is 19.4.